The Balaban J connectivity index is 1.64. The molecule has 1 fully saturated rings. The van der Waals surface area contributed by atoms with Gasteiger partial charge in [-0.2, -0.15) is 0 Å². The van der Waals surface area contributed by atoms with Gasteiger partial charge < -0.3 is 10.6 Å². The van der Waals surface area contributed by atoms with Gasteiger partial charge in [0, 0.05) is 25.7 Å². The van der Waals surface area contributed by atoms with Gasteiger partial charge in [0.25, 0.3) is 0 Å². The highest BCUT2D eigenvalue weighted by molar-refractivity contribution is 5.99. The topological polar surface area (TPSA) is 66.6 Å². The van der Waals surface area contributed by atoms with Crippen molar-refractivity contribution in [2.75, 3.05) is 12.8 Å². The second kappa shape index (κ2) is 6.74. The van der Waals surface area contributed by atoms with Gasteiger partial charge in [0.05, 0.1) is 6.04 Å². The van der Waals surface area contributed by atoms with E-state index in [1.807, 2.05) is 42.5 Å². The maximum Gasteiger partial charge on any atom is 0.327 e. The molecule has 1 saturated heterocycles. The van der Waals surface area contributed by atoms with E-state index in [4.69, 9.17) is 5.73 Å². The van der Waals surface area contributed by atoms with Gasteiger partial charge in [0.15, 0.2) is 0 Å². The molecule has 0 radical (unpaired) electrons. The number of nitrogens with zero attached hydrogens (tertiary/aromatic N) is 2. The van der Waals surface area contributed by atoms with Crippen LogP contribution in [-0.2, 0) is 17.8 Å². The Kier molecular flexibility index (Phi) is 4.51. The molecule has 2 aromatic carbocycles. The maximum atomic E-state index is 12.6. The zero-order valence-electron chi connectivity index (χ0n) is 13.7. The Morgan fingerprint density at radius 1 is 1.12 bits per heavy atom. The van der Waals surface area contributed by atoms with Crippen LogP contribution >= 0.6 is 0 Å². The van der Waals surface area contributed by atoms with Crippen molar-refractivity contribution in [3.8, 4) is 0 Å². The summed E-state index contributed by atoms with van der Waals surface area (Å²) in [5.41, 5.74) is 8.47. The molecule has 5 heteroatoms. The van der Waals surface area contributed by atoms with E-state index in [0.717, 1.165) is 11.1 Å². The molecule has 0 spiro atoms. The summed E-state index contributed by atoms with van der Waals surface area (Å²) in [4.78, 5) is 27.5. The molecule has 2 aromatic rings. The number of carbonyl (C=O) groups is 2. The summed E-state index contributed by atoms with van der Waals surface area (Å²) in [5, 5.41) is 0. The van der Waals surface area contributed by atoms with E-state index >= 15 is 0 Å². The number of hydrogen-bond acceptors (Lipinski definition) is 3. The quantitative estimate of drug-likeness (QED) is 0.695. The van der Waals surface area contributed by atoms with Gasteiger partial charge in [0.1, 0.15) is 0 Å². The molecule has 1 atom stereocenters. The average Bonchev–Trinajstić information content (AvgIpc) is 2.57. The third-order valence-corrected chi connectivity index (χ3v) is 4.29. The summed E-state index contributed by atoms with van der Waals surface area (Å²) in [7, 11) is 1.71. The van der Waals surface area contributed by atoms with E-state index in [1.165, 1.54) is 4.90 Å². The van der Waals surface area contributed by atoms with Crippen LogP contribution in [0, 0.1) is 0 Å². The van der Waals surface area contributed by atoms with Gasteiger partial charge in [-0.25, -0.2) is 4.79 Å². The molecule has 0 aromatic heterocycles. The fourth-order valence-electron chi connectivity index (χ4n) is 2.94. The fourth-order valence-corrected chi connectivity index (χ4v) is 2.94. The van der Waals surface area contributed by atoms with Crippen molar-refractivity contribution in [3.05, 3.63) is 65.7 Å². The number of likely N-dealkylation sites (tertiary alicyclic amines) is 1. The summed E-state index contributed by atoms with van der Waals surface area (Å²) in [6.07, 6.45) is 1.13. The number of amides is 3. The number of rotatable bonds is 4. The molecule has 2 N–H and O–H groups in total. The number of carbonyl (C=O) groups excluding carboxylic acids is 2. The first-order valence-electron chi connectivity index (χ1n) is 8.00. The number of hydrogen-bond donors (Lipinski definition) is 1. The molecule has 0 saturated carbocycles. The first-order chi connectivity index (χ1) is 11.5. The van der Waals surface area contributed by atoms with Gasteiger partial charge in [-0.15, -0.1) is 0 Å². The van der Waals surface area contributed by atoms with Crippen molar-refractivity contribution in [1.82, 2.24) is 9.80 Å². The standard InChI is InChI=1S/C19H21N3O2/c1-21(13-15-7-9-16(20)10-8-15)19(24)22-17(12-18(22)23)11-14-5-3-2-4-6-14/h2-10,17H,11-13,20H2,1H3/t17-/m1/s1. The van der Waals surface area contributed by atoms with Gasteiger partial charge in [-0.05, 0) is 29.7 Å². The molecule has 3 rings (SSSR count). The molecule has 1 aliphatic heterocycles. The highest BCUT2D eigenvalue weighted by atomic mass is 16.2. The lowest BCUT2D eigenvalue weighted by Crippen LogP contribution is -2.59. The van der Waals surface area contributed by atoms with Crippen LogP contribution in [0.5, 0.6) is 0 Å². The number of imide groups is 1. The summed E-state index contributed by atoms with van der Waals surface area (Å²) >= 11 is 0. The van der Waals surface area contributed by atoms with Crippen molar-refractivity contribution >= 4 is 17.6 Å². The molecule has 0 unspecified atom stereocenters. The summed E-state index contributed by atoms with van der Waals surface area (Å²) in [5.74, 6) is -0.106. The van der Waals surface area contributed by atoms with Crippen molar-refractivity contribution < 1.29 is 9.59 Å². The molecule has 24 heavy (non-hydrogen) atoms. The van der Waals surface area contributed by atoms with Crippen LogP contribution in [0.15, 0.2) is 54.6 Å². The van der Waals surface area contributed by atoms with Gasteiger partial charge >= 0.3 is 6.03 Å². The smallest absolute Gasteiger partial charge is 0.327 e. The second-order valence-electron chi connectivity index (χ2n) is 6.19. The van der Waals surface area contributed by atoms with Gasteiger partial charge in [-0.3, -0.25) is 9.69 Å². The molecule has 1 heterocycles. The number of anilines is 1. The normalized spacial score (nSPS) is 16.6. The minimum Gasteiger partial charge on any atom is -0.399 e. The maximum absolute atomic E-state index is 12.6. The van der Waals surface area contributed by atoms with Gasteiger partial charge in [0.2, 0.25) is 5.91 Å². The van der Waals surface area contributed by atoms with Crippen molar-refractivity contribution in [2.24, 2.45) is 0 Å². The molecule has 1 aliphatic rings. The third kappa shape index (κ3) is 3.40. The number of urea groups is 1. The minimum absolute atomic E-state index is 0.0544. The first-order valence-corrected chi connectivity index (χ1v) is 8.00. The van der Waals surface area contributed by atoms with Crippen LogP contribution < -0.4 is 5.73 Å². The molecule has 0 bridgehead atoms. The lowest BCUT2D eigenvalue weighted by molar-refractivity contribution is -0.141. The van der Waals surface area contributed by atoms with Crippen molar-refractivity contribution in [1.29, 1.82) is 0 Å². The average molecular weight is 323 g/mol. The Bertz CT molecular complexity index is 728. The summed E-state index contributed by atoms with van der Waals surface area (Å²) < 4.78 is 0. The van der Waals surface area contributed by atoms with Crippen LogP contribution in [0.25, 0.3) is 0 Å². The Labute approximate surface area is 141 Å². The van der Waals surface area contributed by atoms with Crippen LogP contribution in [0.4, 0.5) is 10.5 Å². The van der Waals surface area contributed by atoms with E-state index in [9.17, 15) is 9.59 Å². The van der Waals surface area contributed by atoms with Crippen molar-refractivity contribution in [2.45, 2.75) is 25.4 Å². The Hall–Kier alpha value is -2.82. The highest BCUT2D eigenvalue weighted by Gasteiger charge is 2.41. The molecule has 0 aliphatic carbocycles. The minimum atomic E-state index is -0.246. The predicted octanol–water partition coefficient (Wildman–Crippen LogP) is 2.66. The SMILES string of the molecule is CN(Cc1ccc(N)cc1)C(=O)N1C(=O)C[C@H]1Cc1ccccc1. The zero-order chi connectivity index (χ0) is 17.1. The number of β-lactam (4-membered cyclic amide) rings is 1. The second-order valence-corrected chi connectivity index (χ2v) is 6.19. The number of nitrogens with two attached hydrogens (primary N) is 1. The Morgan fingerprint density at radius 2 is 1.79 bits per heavy atom. The van der Waals surface area contributed by atoms with Gasteiger partial charge in [-0.1, -0.05) is 42.5 Å². The third-order valence-electron chi connectivity index (χ3n) is 4.29. The van der Waals surface area contributed by atoms with E-state index in [2.05, 4.69) is 0 Å². The highest BCUT2D eigenvalue weighted by Crippen LogP contribution is 2.25. The first kappa shape index (κ1) is 16.1. The number of nitrogen functional groups attached to an aromatic ring is 1. The van der Waals surface area contributed by atoms with Crippen LogP contribution in [0.2, 0.25) is 0 Å². The van der Waals surface area contributed by atoms with Crippen LogP contribution in [-0.4, -0.2) is 34.8 Å². The van der Waals surface area contributed by atoms with E-state index in [-0.39, 0.29) is 18.0 Å². The van der Waals surface area contributed by atoms with Crippen LogP contribution in [0.3, 0.4) is 0 Å². The molecule has 3 amide bonds. The van der Waals surface area contributed by atoms with E-state index in [1.54, 1.807) is 24.1 Å². The lowest BCUT2D eigenvalue weighted by atomic mass is 9.95. The molecule has 124 valence electrons. The summed E-state index contributed by atoms with van der Waals surface area (Å²) in [6, 6.07) is 17.0. The van der Waals surface area contributed by atoms with Crippen molar-refractivity contribution in [3.63, 3.8) is 0 Å². The zero-order valence-corrected chi connectivity index (χ0v) is 13.7. The number of benzene rings is 2. The fraction of sp³-hybridized carbons (Fsp3) is 0.263. The monoisotopic (exact) mass is 323 g/mol. The molecular weight excluding hydrogens is 302 g/mol. The van der Waals surface area contributed by atoms with E-state index < -0.39 is 0 Å². The lowest BCUT2D eigenvalue weighted by Gasteiger charge is -2.40. The summed E-state index contributed by atoms with van der Waals surface area (Å²) in [6.45, 7) is 0.445. The largest absolute Gasteiger partial charge is 0.399 e. The Morgan fingerprint density at radius 3 is 2.42 bits per heavy atom. The predicted molar refractivity (Wildman–Crippen MR) is 93.1 cm³/mol. The molecule has 5 nitrogen and oxygen atoms in total. The molecular formula is C19H21N3O2. The van der Waals surface area contributed by atoms with E-state index in [0.29, 0.717) is 25.1 Å². The van der Waals surface area contributed by atoms with Crippen LogP contribution in [0.1, 0.15) is 17.5 Å².